The van der Waals surface area contributed by atoms with E-state index in [0.29, 0.717) is 0 Å². The fourth-order valence-electron chi connectivity index (χ4n) is 2.67. The Balaban J connectivity index is 1.64. The van der Waals surface area contributed by atoms with Crippen LogP contribution in [0.4, 0.5) is 0 Å². The summed E-state index contributed by atoms with van der Waals surface area (Å²) in [6.07, 6.45) is 8.39. The van der Waals surface area contributed by atoms with E-state index >= 15 is 0 Å². The van der Waals surface area contributed by atoms with Crippen molar-refractivity contribution in [2.45, 2.75) is 39.2 Å². The fourth-order valence-corrected chi connectivity index (χ4v) is 2.67. The highest BCUT2D eigenvalue weighted by Crippen LogP contribution is 2.15. The number of rotatable bonds is 5. The van der Waals surface area contributed by atoms with E-state index in [-0.39, 0.29) is 0 Å². The molecule has 1 unspecified atom stereocenters. The van der Waals surface area contributed by atoms with Gasteiger partial charge in [0.25, 0.3) is 0 Å². The minimum atomic E-state index is 0.774. The Hall–Kier alpha value is -1.59. The zero-order valence-electron chi connectivity index (χ0n) is 12.6. The van der Waals surface area contributed by atoms with Gasteiger partial charge in [-0.3, -0.25) is 4.99 Å². The standard InChI is InChI=1S/C14H26N6/c1-13-6-5-9-20(10-13)14(15-2)16-7-3-4-8-19-11-17-18-12-19/h11-13H,3-10H2,1-2H3,(H,15,16). The lowest BCUT2D eigenvalue weighted by Crippen LogP contribution is -2.46. The molecule has 1 fully saturated rings. The van der Waals surface area contributed by atoms with Gasteiger partial charge in [-0.1, -0.05) is 6.92 Å². The van der Waals surface area contributed by atoms with Crippen LogP contribution in [0, 0.1) is 5.92 Å². The van der Waals surface area contributed by atoms with E-state index in [2.05, 4.69) is 32.3 Å². The molecule has 0 radical (unpaired) electrons. The van der Waals surface area contributed by atoms with E-state index < -0.39 is 0 Å². The zero-order valence-corrected chi connectivity index (χ0v) is 12.6. The molecule has 0 spiro atoms. The number of piperidine rings is 1. The highest BCUT2D eigenvalue weighted by molar-refractivity contribution is 5.79. The number of hydrogen-bond donors (Lipinski definition) is 1. The van der Waals surface area contributed by atoms with Crippen molar-refractivity contribution >= 4 is 5.96 Å². The summed E-state index contributed by atoms with van der Waals surface area (Å²) in [6.45, 7) is 6.53. The number of likely N-dealkylation sites (tertiary alicyclic amines) is 1. The predicted molar refractivity (Wildman–Crippen MR) is 80.6 cm³/mol. The molecule has 20 heavy (non-hydrogen) atoms. The third kappa shape index (κ3) is 4.51. The van der Waals surface area contributed by atoms with Gasteiger partial charge < -0.3 is 14.8 Å². The first-order valence-corrected chi connectivity index (χ1v) is 7.57. The molecule has 112 valence electrons. The summed E-state index contributed by atoms with van der Waals surface area (Å²) in [5, 5.41) is 11.1. The molecule has 1 saturated heterocycles. The van der Waals surface area contributed by atoms with Crippen molar-refractivity contribution in [3.63, 3.8) is 0 Å². The fraction of sp³-hybridized carbons (Fsp3) is 0.786. The van der Waals surface area contributed by atoms with Crippen LogP contribution in [0.5, 0.6) is 0 Å². The van der Waals surface area contributed by atoms with Crippen molar-refractivity contribution in [3.8, 4) is 0 Å². The Morgan fingerprint density at radius 2 is 2.15 bits per heavy atom. The third-order valence-electron chi connectivity index (χ3n) is 3.76. The second-order valence-corrected chi connectivity index (χ2v) is 5.57. The third-order valence-corrected chi connectivity index (χ3v) is 3.76. The molecule has 2 heterocycles. The highest BCUT2D eigenvalue weighted by atomic mass is 15.3. The summed E-state index contributed by atoms with van der Waals surface area (Å²) >= 11 is 0. The Kier molecular flexibility index (Phi) is 5.83. The monoisotopic (exact) mass is 278 g/mol. The highest BCUT2D eigenvalue weighted by Gasteiger charge is 2.18. The molecule has 1 N–H and O–H groups in total. The molecule has 1 aromatic heterocycles. The van der Waals surface area contributed by atoms with E-state index in [1.165, 1.54) is 12.8 Å². The molecule has 6 heteroatoms. The number of aryl methyl sites for hydroxylation is 1. The molecule has 1 aliphatic rings. The molecular weight excluding hydrogens is 252 g/mol. The van der Waals surface area contributed by atoms with Crippen LogP contribution < -0.4 is 5.32 Å². The van der Waals surface area contributed by atoms with Gasteiger partial charge >= 0.3 is 0 Å². The smallest absolute Gasteiger partial charge is 0.193 e. The van der Waals surface area contributed by atoms with E-state index in [0.717, 1.165) is 50.9 Å². The van der Waals surface area contributed by atoms with Gasteiger partial charge in [-0.15, -0.1) is 10.2 Å². The first kappa shape index (κ1) is 14.8. The van der Waals surface area contributed by atoms with Gasteiger partial charge in [-0.25, -0.2) is 0 Å². The van der Waals surface area contributed by atoms with Crippen LogP contribution in [-0.2, 0) is 6.54 Å². The molecule has 0 bridgehead atoms. The topological polar surface area (TPSA) is 58.3 Å². The van der Waals surface area contributed by atoms with E-state index in [4.69, 9.17) is 0 Å². The number of aliphatic imine (C=N–C) groups is 1. The molecule has 0 aromatic carbocycles. The molecule has 1 aromatic rings. The molecular formula is C14H26N6. The maximum atomic E-state index is 4.40. The van der Waals surface area contributed by atoms with Crippen molar-refractivity contribution in [2.75, 3.05) is 26.7 Å². The largest absolute Gasteiger partial charge is 0.356 e. The summed E-state index contributed by atoms with van der Waals surface area (Å²) < 4.78 is 2.02. The lowest BCUT2D eigenvalue weighted by molar-refractivity contribution is 0.266. The summed E-state index contributed by atoms with van der Waals surface area (Å²) in [5.41, 5.74) is 0. The van der Waals surface area contributed by atoms with Crippen molar-refractivity contribution in [1.29, 1.82) is 0 Å². The average molecular weight is 278 g/mol. The normalized spacial score (nSPS) is 20.2. The lowest BCUT2D eigenvalue weighted by Gasteiger charge is -2.33. The van der Waals surface area contributed by atoms with E-state index in [9.17, 15) is 0 Å². The Morgan fingerprint density at radius 1 is 1.35 bits per heavy atom. The Labute approximate surface area is 121 Å². The minimum Gasteiger partial charge on any atom is -0.356 e. The second-order valence-electron chi connectivity index (χ2n) is 5.57. The molecule has 1 atom stereocenters. The lowest BCUT2D eigenvalue weighted by atomic mass is 10.0. The maximum absolute atomic E-state index is 4.40. The van der Waals surface area contributed by atoms with Gasteiger partial charge in [0.1, 0.15) is 12.7 Å². The first-order valence-electron chi connectivity index (χ1n) is 7.57. The quantitative estimate of drug-likeness (QED) is 0.502. The first-order chi connectivity index (χ1) is 9.79. The number of aromatic nitrogens is 3. The van der Waals surface area contributed by atoms with Crippen LogP contribution in [0.25, 0.3) is 0 Å². The van der Waals surface area contributed by atoms with E-state index in [1.807, 2.05) is 11.6 Å². The van der Waals surface area contributed by atoms with Gasteiger partial charge in [0.15, 0.2) is 5.96 Å². The molecule has 0 saturated carbocycles. The predicted octanol–water partition coefficient (Wildman–Crippen LogP) is 1.37. The van der Waals surface area contributed by atoms with Crippen LogP contribution in [0.3, 0.4) is 0 Å². The Morgan fingerprint density at radius 3 is 2.85 bits per heavy atom. The van der Waals surface area contributed by atoms with Gasteiger partial charge in [-0.2, -0.15) is 0 Å². The van der Waals surface area contributed by atoms with Gasteiger partial charge in [0, 0.05) is 33.2 Å². The number of unbranched alkanes of at least 4 members (excludes halogenated alkanes) is 1. The number of nitrogens with zero attached hydrogens (tertiary/aromatic N) is 5. The molecule has 0 aliphatic carbocycles. The summed E-state index contributed by atoms with van der Waals surface area (Å²) in [4.78, 5) is 6.78. The maximum Gasteiger partial charge on any atom is 0.193 e. The van der Waals surface area contributed by atoms with Crippen LogP contribution in [0.15, 0.2) is 17.6 Å². The number of hydrogen-bond acceptors (Lipinski definition) is 3. The van der Waals surface area contributed by atoms with Crippen molar-refractivity contribution in [2.24, 2.45) is 10.9 Å². The summed E-state index contributed by atoms with van der Waals surface area (Å²) in [7, 11) is 1.87. The summed E-state index contributed by atoms with van der Waals surface area (Å²) in [6, 6.07) is 0. The summed E-state index contributed by atoms with van der Waals surface area (Å²) in [5.74, 6) is 1.83. The van der Waals surface area contributed by atoms with Gasteiger partial charge in [0.05, 0.1) is 0 Å². The van der Waals surface area contributed by atoms with Crippen LogP contribution in [0.1, 0.15) is 32.6 Å². The number of nitrogens with one attached hydrogen (secondary N) is 1. The van der Waals surface area contributed by atoms with Crippen molar-refractivity contribution < 1.29 is 0 Å². The second kappa shape index (κ2) is 7.87. The van der Waals surface area contributed by atoms with Crippen molar-refractivity contribution in [3.05, 3.63) is 12.7 Å². The van der Waals surface area contributed by atoms with Crippen LogP contribution in [0.2, 0.25) is 0 Å². The SMILES string of the molecule is CN=C(NCCCCn1cnnc1)N1CCCC(C)C1. The van der Waals surface area contributed by atoms with Crippen LogP contribution in [-0.4, -0.2) is 52.3 Å². The average Bonchev–Trinajstić information content (AvgIpc) is 2.96. The molecule has 2 rings (SSSR count). The molecule has 6 nitrogen and oxygen atoms in total. The molecule has 1 aliphatic heterocycles. The number of guanidine groups is 1. The van der Waals surface area contributed by atoms with Crippen LogP contribution >= 0.6 is 0 Å². The van der Waals surface area contributed by atoms with Gasteiger partial charge in [0.2, 0.25) is 0 Å². The van der Waals surface area contributed by atoms with Crippen molar-refractivity contribution in [1.82, 2.24) is 25.0 Å². The van der Waals surface area contributed by atoms with E-state index in [1.54, 1.807) is 12.7 Å². The van der Waals surface area contributed by atoms with Gasteiger partial charge in [-0.05, 0) is 31.6 Å². The minimum absolute atomic E-state index is 0.774. The molecule has 0 amide bonds. The zero-order chi connectivity index (χ0) is 14.2. The Bertz CT molecular complexity index is 400.